The SMILES string of the molecule is CO.[NaH].[Pd]. The summed E-state index contributed by atoms with van der Waals surface area (Å²) >= 11 is 0. The van der Waals surface area contributed by atoms with Gasteiger partial charge < -0.3 is 5.11 Å². The number of aliphatic hydroxyl groups is 1. The van der Waals surface area contributed by atoms with Crippen LogP contribution < -0.4 is 0 Å². The zero-order valence-corrected chi connectivity index (χ0v) is 3.32. The Morgan fingerprint density at radius 3 is 1.25 bits per heavy atom. The summed E-state index contributed by atoms with van der Waals surface area (Å²) < 4.78 is 0. The molecule has 4 heavy (non-hydrogen) atoms. The van der Waals surface area contributed by atoms with Crippen molar-refractivity contribution >= 4 is 29.6 Å². The monoisotopic (exact) mass is 162 g/mol. The summed E-state index contributed by atoms with van der Waals surface area (Å²) in [7, 11) is 1.00. The van der Waals surface area contributed by atoms with Crippen molar-refractivity contribution in [2.45, 2.75) is 0 Å². The molecule has 0 bridgehead atoms. The number of rotatable bonds is 0. The van der Waals surface area contributed by atoms with Gasteiger partial charge in [0.15, 0.2) is 0 Å². The molecule has 0 atom stereocenters. The van der Waals surface area contributed by atoms with Gasteiger partial charge >= 0.3 is 29.6 Å². The number of aliphatic hydroxyl groups excluding tert-OH is 1. The minimum atomic E-state index is 0. The first-order chi connectivity index (χ1) is 1.00. The minimum Gasteiger partial charge on any atom is 0 e. The fourth-order valence-electron chi connectivity index (χ4n) is 0. The third-order valence-electron chi connectivity index (χ3n) is 0. The summed E-state index contributed by atoms with van der Waals surface area (Å²) in [4.78, 5) is 0. The summed E-state index contributed by atoms with van der Waals surface area (Å²) in [6.45, 7) is 0. The van der Waals surface area contributed by atoms with Crippen LogP contribution in [0.2, 0.25) is 0 Å². The van der Waals surface area contributed by atoms with Gasteiger partial charge in [0.1, 0.15) is 0 Å². The molecule has 0 aliphatic heterocycles. The van der Waals surface area contributed by atoms with Crippen LogP contribution in [-0.2, 0) is 20.4 Å². The summed E-state index contributed by atoms with van der Waals surface area (Å²) in [5, 5.41) is 7.00. The van der Waals surface area contributed by atoms with Crippen LogP contribution in [0, 0.1) is 0 Å². The second kappa shape index (κ2) is 23.0. The molecule has 0 rings (SSSR count). The molecule has 0 fully saturated rings. The van der Waals surface area contributed by atoms with Crippen LogP contribution in [-0.4, -0.2) is 41.8 Å². The maximum Gasteiger partial charge on any atom is 0 e. The topological polar surface area (TPSA) is 20.2 Å². The van der Waals surface area contributed by atoms with Crippen LogP contribution >= 0.6 is 0 Å². The molecule has 1 nitrogen and oxygen atoms in total. The largest absolute Gasteiger partial charge is 0 e. The van der Waals surface area contributed by atoms with Crippen molar-refractivity contribution in [3.05, 3.63) is 0 Å². The van der Waals surface area contributed by atoms with Crippen LogP contribution in [0.25, 0.3) is 0 Å². The normalized spacial score (nSPS) is 1.50. The molecule has 0 saturated heterocycles. The predicted octanol–water partition coefficient (Wildman–Crippen LogP) is -1.04. The van der Waals surface area contributed by atoms with E-state index in [2.05, 4.69) is 0 Å². The van der Waals surface area contributed by atoms with Crippen LogP contribution in [0.15, 0.2) is 0 Å². The molecule has 0 aliphatic carbocycles. The quantitative estimate of drug-likeness (QED) is 0.451. The van der Waals surface area contributed by atoms with Gasteiger partial charge in [0.05, 0.1) is 0 Å². The van der Waals surface area contributed by atoms with Gasteiger partial charge in [0.25, 0.3) is 0 Å². The van der Waals surface area contributed by atoms with Gasteiger partial charge in [0.2, 0.25) is 0 Å². The van der Waals surface area contributed by atoms with Crippen LogP contribution in [0.5, 0.6) is 0 Å². The van der Waals surface area contributed by atoms with Gasteiger partial charge in [-0.1, -0.05) is 0 Å². The van der Waals surface area contributed by atoms with E-state index < -0.39 is 0 Å². The maximum absolute atomic E-state index is 7.00. The molecule has 0 aliphatic rings. The molecule has 1 N–H and O–H groups in total. The van der Waals surface area contributed by atoms with Crippen molar-refractivity contribution in [3.63, 3.8) is 0 Å². The first-order valence-electron chi connectivity index (χ1n) is 0.447. The Labute approximate surface area is 61.7 Å². The van der Waals surface area contributed by atoms with Gasteiger partial charge in [-0.05, 0) is 0 Å². The van der Waals surface area contributed by atoms with Crippen LogP contribution in [0.3, 0.4) is 0 Å². The standard InChI is InChI=1S/CH4O.Na.Pd.H/c1-2;;;/h2H,1H3;;;. The fraction of sp³-hybridized carbons (Fsp3) is 1.00. The Bertz CT molecular complexity index is 8.00. The maximum atomic E-state index is 7.00. The van der Waals surface area contributed by atoms with Crippen molar-refractivity contribution in [3.8, 4) is 0 Å². The van der Waals surface area contributed by atoms with Crippen LogP contribution in [0.4, 0.5) is 0 Å². The van der Waals surface area contributed by atoms with Gasteiger partial charge in [-0.15, -0.1) is 0 Å². The molecule has 3 heteroatoms. The zero-order chi connectivity index (χ0) is 2.00. The first kappa shape index (κ1) is 17.5. The van der Waals surface area contributed by atoms with E-state index in [1.165, 1.54) is 0 Å². The second-order valence-corrected chi connectivity index (χ2v) is 0. The number of hydrogen-bond acceptors (Lipinski definition) is 1. The molecule has 0 unspecified atom stereocenters. The Morgan fingerprint density at radius 2 is 1.25 bits per heavy atom. The van der Waals surface area contributed by atoms with Gasteiger partial charge in [-0.2, -0.15) is 0 Å². The molecule has 0 aromatic rings. The third-order valence-corrected chi connectivity index (χ3v) is 0. The van der Waals surface area contributed by atoms with E-state index in [-0.39, 0.29) is 50.0 Å². The van der Waals surface area contributed by atoms with E-state index in [0.29, 0.717) is 0 Å². The summed E-state index contributed by atoms with van der Waals surface area (Å²) in [5.41, 5.74) is 0. The average Bonchev–Trinajstić information content (AvgIpc) is 1.00. The Morgan fingerprint density at radius 1 is 1.25 bits per heavy atom. The van der Waals surface area contributed by atoms with E-state index in [1.54, 1.807) is 0 Å². The van der Waals surface area contributed by atoms with Crippen molar-refractivity contribution in [1.82, 2.24) is 0 Å². The van der Waals surface area contributed by atoms with Crippen molar-refractivity contribution in [2.24, 2.45) is 0 Å². The molecule has 0 amide bonds. The van der Waals surface area contributed by atoms with Gasteiger partial charge in [-0.25, -0.2) is 0 Å². The van der Waals surface area contributed by atoms with Gasteiger partial charge in [0, 0.05) is 27.5 Å². The Balaban J connectivity index is -0.00000000500. The molecule has 0 saturated carbocycles. The molecule has 0 aromatic heterocycles. The molecular formula is CH5NaOPd. The molecule has 0 aromatic carbocycles. The smallest absolute Gasteiger partial charge is 0 e. The van der Waals surface area contributed by atoms with E-state index >= 15 is 0 Å². The second-order valence-electron chi connectivity index (χ2n) is 0. The number of hydrogen-bond donors (Lipinski definition) is 1. The first-order valence-corrected chi connectivity index (χ1v) is 0.447. The van der Waals surface area contributed by atoms with E-state index in [1.807, 2.05) is 0 Å². The molecule has 0 spiro atoms. The van der Waals surface area contributed by atoms with Crippen LogP contribution in [0.1, 0.15) is 0 Å². The summed E-state index contributed by atoms with van der Waals surface area (Å²) in [6, 6.07) is 0. The average molecular weight is 162 g/mol. The molecule has 26 valence electrons. The van der Waals surface area contributed by atoms with Crippen molar-refractivity contribution < 1.29 is 25.5 Å². The fourth-order valence-corrected chi connectivity index (χ4v) is 0. The summed E-state index contributed by atoms with van der Waals surface area (Å²) in [6.07, 6.45) is 0. The zero-order valence-electron chi connectivity index (χ0n) is 1.76. The molecule has 0 radical (unpaired) electrons. The van der Waals surface area contributed by atoms with E-state index in [4.69, 9.17) is 5.11 Å². The van der Waals surface area contributed by atoms with Crippen molar-refractivity contribution in [1.29, 1.82) is 0 Å². The Kier molecular flexibility index (Phi) is 101. The van der Waals surface area contributed by atoms with Crippen molar-refractivity contribution in [2.75, 3.05) is 7.11 Å². The molecular weight excluding hydrogens is 157 g/mol. The predicted molar refractivity (Wildman–Crippen MR) is 15.3 cm³/mol. The van der Waals surface area contributed by atoms with Gasteiger partial charge in [-0.3, -0.25) is 0 Å². The van der Waals surface area contributed by atoms with E-state index in [0.717, 1.165) is 7.11 Å². The third kappa shape index (κ3) is 9.46. The molecule has 0 heterocycles. The minimum absolute atomic E-state index is 0. The van der Waals surface area contributed by atoms with E-state index in [9.17, 15) is 0 Å². The summed E-state index contributed by atoms with van der Waals surface area (Å²) in [5.74, 6) is 0. The Hall–Kier alpha value is 1.62.